The summed E-state index contributed by atoms with van der Waals surface area (Å²) < 4.78 is 6.83. The van der Waals surface area contributed by atoms with Crippen molar-refractivity contribution in [1.82, 2.24) is 4.98 Å². The molecule has 1 heterocycles. The van der Waals surface area contributed by atoms with Crippen LogP contribution in [0.5, 0.6) is 5.75 Å². The highest BCUT2D eigenvalue weighted by atomic mass is 79.9. The van der Waals surface area contributed by atoms with Gasteiger partial charge in [0.2, 0.25) is 0 Å². The topological polar surface area (TPSA) is 22.1 Å². The second-order valence-corrected chi connectivity index (χ2v) is 7.95. The van der Waals surface area contributed by atoms with Gasteiger partial charge in [-0.05, 0) is 46.9 Å². The number of nitrogens with zero attached hydrogens (tertiary/aromatic N) is 1. The van der Waals surface area contributed by atoms with E-state index in [1.54, 1.807) is 0 Å². The largest absolute Gasteiger partial charge is 0.541 e. The second-order valence-electron chi connectivity index (χ2n) is 5.17. The third kappa shape index (κ3) is 3.07. The molecule has 4 heteroatoms. The van der Waals surface area contributed by atoms with Crippen LogP contribution in [-0.4, -0.2) is 14.0 Å². The van der Waals surface area contributed by atoms with Gasteiger partial charge in [0.1, 0.15) is 10.4 Å². The van der Waals surface area contributed by atoms with Crippen molar-refractivity contribution in [2.45, 2.75) is 46.2 Å². The Labute approximate surface area is 108 Å². The smallest absolute Gasteiger partial charge is 0.274 e. The Morgan fingerprint density at radius 3 is 2.31 bits per heavy atom. The molecule has 0 spiro atoms. The fraction of sp³-hybridized carbons (Fsp3) is 0.583. The summed E-state index contributed by atoms with van der Waals surface area (Å²) in [6.45, 7) is 13.0. The molecule has 0 aliphatic carbocycles. The summed E-state index contributed by atoms with van der Waals surface area (Å²) in [6.07, 6.45) is 1.83. The zero-order valence-corrected chi connectivity index (χ0v) is 13.4. The zero-order valence-electron chi connectivity index (χ0n) is 10.8. The monoisotopic (exact) mass is 300 g/mol. The lowest BCUT2D eigenvalue weighted by molar-refractivity contribution is 0.513. The lowest BCUT2D eigenvalue weighted by atomic mass is 9.84. The van der Waals surface area contributed by atoms with E-state index in [4.69, 9.17) is 4.43 Å². The Kier molecular flexibility index (Phi) is 4.18. The van der Waals surface area contributed by atoms with Crippen LogP contribution in [0, 0.1) is 6.92 Å². The third-order valence-electron chi connectivity index (χ3n) is 2.29. The van der Waals surface area contributed by atoms with Gasteiger partial charge in [0, 0.05) is 5.56 Å². The van der Waals surface area contributed by atoms with Gasteiger partial charge in [-0.15, -0.1) is 0 Å². The van der Waals surface area contributed by atoms with Crippen LogP contribution >= 0.6 is 15.9 Å². The highest BCUT2D eigenvalue weighted by molar-refractivity contribution is 9.10. The van der Waals surface area contributed by atoms with Crippen molar-refractivity contribution in [2.24, 2.45) is 0 Å². The first-order chi connectivity index (χ1) is 7.23. The molecular weight excluding hydrogens is 282 g/mol. The van der Waals surface area contributed by atoms with Gasteiger partial charge in [-0.25, -0.2) is 4.98 Å². The van der Waals surface area contributed by atoms with E-state index < -0.39 is 9.04 Å². The predicted molar refractivity (Wildman–Crippen MR) is 73.5 cm³/mol. The molecule has 0 aliphatic heterocycles. The molecule has 0 aromatic carbocycles. The first-order valence-electron chi connectivity index (χ1n) is 5.37. The van der Waals surface area contributed by atoms with Crippen molar-refractivity contribution in [3.63, 3.8) is 0 Å². The molecule has 89 valence electrons. The van der Waals surface area contributed by atoms with E-state index in [1.807, 2.05) is 6.20 Å². The fourth-order valence-corrected chi connectivity index (χ4v) is 2.69. The molecule has 0 amide bonds. The fourth-order valence-electron chi connectivity index (χ4n) is 1.79. The molecule has 16 heavy (non-hydrogen) atoms. The van der Waals surface area contributed by atoms with Crippen LogP contribution in [0.1, 0.15) is 31.9 Å². The molecule has 0 bridgehead atoms. The summed E-state index contributed by atoms with van der Waals surface area (Å²) in [7, 11) is -0.753. The van der Waals surface area contributed by atoms with Gasteiger partial charge in [-0.2, -0.15) is 0 Å². The molecule has 0 saturated carbocycles. The first kappa shape index (κ1) is 13.7. The van der Waals surface area contributed by atoms with Crippen molar-refractivity contribution in [2.75, 3.05) is 0 Å². The summed E-state index contributed by atoms with van der Waals surface area (Å²) in [6, 6.07) is 0. The highest BCUT2D eigenvalue weighted by Crippen LogP contribution is 2.36. The van der Waals surface area contributed by atoms with Crippen LogP contribution in [-0.2, 0) is 5.41 Å². The molecule has 0 fully saturated rings. The Morgan fingerprint density at radius 2 is 1.88 bits per heavy atom. The second kappa shape index (κ2) is 4.88. The number of halogens is 1. The minimum Gasteiger partial charge on any atom is -0.541 e. The SMILES string of the molecule is Cc1c(Br)ncc(O[Si](C)C)c1C(C)(C)C. The van der Waals surface area contributed by atoms with Crippen LogP contribution < -0.4 is 4.43 Å². The maximum atomic E-state index is 5.93. The lowest BCUT2D eigenvalue weighted by Gasteiger charge is -2.26. The Balaban J connectivity index is 3.33. The van der Waals surface area contributed by atoms with Crippen molar-refractivity contribution < 1.29 is 4.43 Å². The third-order valence-corrected chi connectivity index (χ3v) is 3.72. The summed E-state index contributed by atoms with van der Waals surface area (Å²) in [5.41, 5.74) is 2.50. The molecule has 1 radical (unpaired) electrons. The van der Waals surface area contributed by atoms with E-state index in [1.165, 1.54) is 11.1 Å². The molecule has 2 nitrogen and oxygen atoms in total. The molecule has 0 N–H and O–H groups in total. The van der Waals surface area contributed by atoms with Crippen molar-refractivity contribution in [3.05, 3.63) is 21.9 Å². The predicted octanol–water partition coefficient (Wildman–Crippen LogP) is 4.08. The Bertz CT molecular complexity index is 385. The number of rotatable bonds is 2. The normalized spacial score (nSPS) is 12.0. The van der Waals surface area contributed by atoms with Crippen molar-refractivity contribution in [1.29, 1.82) is 0 Å². The molecule has 1 rings (SSSR count). The minimum absolute atomic E-state index is 0.0716. The van der Waals surface area contributed by atoms with Gasteiger partial charge in [0.15, 0.2) is 0 Å². The molecule has 0 saturated heterocycles. The maximum Gasteiger partial charge on any atom is 0.274 e. The van der Waals surface area contributed by atoms with Gasteiger partial charge in [-0.3, -0.25) is 0 Å². The van der Waals surface area contributed by atoms with Crippen LogP contribution in [0.25, 0.3) is 0 Å². The molecule has 1 aromatic heterocycles. The Hall–Kier alpha value is -0.353. The highest BCUT2D eigenvalue weighted by Gasteiger charge is 2.23. The van der Waals surface area contributed by atoms with Gasteiger partial charge in [-0.1, -0.05) is 20.8 Å². The lowest BCUT2D eigenvalue weighted by Crippen LogP contribution is -2.20. The van der Waals surface area contributed by atoms with Crippen LogP contribution in [0.3, 0.4) is 0 Å². The van der Waals surface area contributed by atoms with Gasteiger partial charge < -0.3 is 4.43 Å². The van der Waals surface area contributed by atoms with Crippen molar-refractivity contribution in [3.8, 4) is 5.75 Å². The standard InChI is InChI=1S/C12H19BrNOSi/c1-8-10(12(2,3)4)9(15-16(5)6)7-14-11(8)13/h7H,1-6H3. The van der Waals surface area contributed by atoms with Gasteiger partial charge >= 0.3 is 0 Å². The molecule has 0 aliphatic rings. The molecule has 0 unspecified atom stereocenters. The summed E-state index contributed by atoms with van der Waals surface area (Å²) in [5, 5.41) is 0. The van der Waals surface area contributed by atoms with E-state index in [2.05, 4.69) is 61.7 Å². The zero-order chi connectivity index (χ0) is 12.5. The minimum atomic E-state index is -0.753. The number of pyridine rings is 1. The average molecular weight is 301 g/mol. The van der Waals surface area contributed by atoms with Crippen LogP contribution in [0.2, 0.25) is 13.1 Å². The number of hydrogen-bond acceptors (Lipinski definition) is 2. The van der Waals surface area contributed by atoms with Gasteiger partial charge in [0.05, 0.1) is 6.20 Å². The first-order valence-corrected chi connectivity index (χ1v) is 8.57. The van der Waals surface area contributed by atoms with E-state index in [-0.39, 0.29) is 5.41 Å². The average Bonchev–Trinajstić information content (AvgIpc) is 2.08. The Morgan fingerprint density at radius 1 is 1.31 bits per heavy atom. The van der Waals surface area contributed by atoms with Crippen LogP contribution in [0.15, 0.2) is 10.8 Å². The van der Waals surface area contributed by atoms with E-state index in [0.29, 0.717) is 0 Å². The molecular formula is C12H19BrNOSi. The summed E-state index contributed by atoms with van der Waals surface area (Å²) >= 11 is 3.48. The quantitative estimate of drug-likeness (QED) is 0.606. The van der Waals surface area contributed by atoms with Gasteiger partial charge in [0.25, 0.3) is 9.04 Å². The van der Waals surface area contributed by atoms with Crippen LogP contribution in [0.4, 0.5) is 0 Å². The maximum absolute atomic E-state index is 5.93. The van der Waals surface area contributed by atoms with E-state index in [9.17, 15) is 0 Å². The van der Waals surface area contributed by atoms with Crippen molar-refractivity contribution >= 4 is 25.0 Å². The number of hydrogen-bond donors (Lipinski definition) is 0. The molecule has 1 aromatic rings. The summed E-state index contributed by atoms with van der Waals surface area (Å²) in [5.74, 6) is 0.937. The number of aromatic nitrogens is 1. The molecule has 0 atom stereocenters. The van der Waals surface area contributed by atoms with E-state index in [0.717, 1.165) is 10.4 Å². The van der Waals surface area contributed by atoms with E-state index >= 15 is 0 Å². The summed E-state index contributed by atoms with van der Waals surface area (Å²) in [4.78, 5) is 4.31.